The molecular weight excluding hydrogens is 350 g/mol. The fraction of sp³-hybridized carbons (Fsp3) is 0.478. The Morgan fingerprint density at radius 3 is 2.57 bits per heavy atom. The van der Waals surface area contributed by atoms with E-state index in [-0.39, 0.29) is 0 Å². The molecule has 0 unspecified atom stereocenters. The highest BCUT2D eigenvalue weighted by Crippen LogP contribution is 2.29. The summed E-state index contributed by atoms with van der Waals surface area (Å²) in [5, 5.41) is 0. The molecule has 2 heterocycles. The molecule has 0 spiro atoms. The molecule has 5 heteroatoms. The van der Waals surface area contributed by atoms with Crippen molar-refractivity contribution in [1.29, 1.82) is 0 Å². The first-order chi connectivity index (χ1) is 13.8. The lowest BCUT2D eigenvalue weighted by molar-refractivity contribution is -0.134. The quantitative estimate of drug-likeness (QED) is 0.758. The van der Waals surface area contributed by atoms with Crippen LogP contribution >= 0.6 is 0 Å². The van der Waals surface area contributed by atoms with E-state index in [0.29, 0.717) is 11.8 Å². The Hall–Kier alpha value is -2.40. The maximum absolute atomic E-state index is 12.6. The predicted octanol–water partition coefficient (Wildman–Crippen LogP) is 4.10. The lowest BCUT2D eigenvalue weighted by Gasteiger charge is -2.35. The number of hydrogen-bond acceptors (Lipinski definition) is 4. The molecule has 148 valence electrons. The molecule has 1 aliphatic carbocycles. The number of amides is 1. The van der Waals surface area contributed by atoms with Gasteiger partial charge in [0.1, 0.15) is 11.5 Å². The number of rotatable bonds is 6. The van der Waals surface area contributed by atoms with Crippen molar-refractivity contribution in [3.8, 4) is 11.5 Å². The first-order valence-corrected chi connectivity index (χ1v) is 10.4. The summed E-state index contributed by atoms with van der Waals surface area (Å²) in [4.78, 5) is 21.1. The molecule has 1 saturated carbocycles. The number of ether oxygens (including phenoxy) is 1. The summed E-state index contributed by atoms with van der Waals surface area (Å²) < 4.78 is 6.03. The standard InChI is InChI=1S/C23H29N3O2/c27-23(16-19-6-1-2-7-19)26-14-12-25(13-15-26)18-20-8-3-4-10-22(20)28-21-9-5-11-24-17-21/h3-5,8-11,17,19H,1-2,6-7,12-16,18H2. The Morgan fingerprint density at radius 1 is 1.04 bits per heavy atom. The number of carbonyl (C=O) groups excluding carboxylic acids is 1. The summed E-state index contributed by atoms with van der Waals surface area (Å²) in [5.74, 6) is 2.60. The molecule has 5 nitrogen and oxygen atoms in total. The van der Waals surface area contributed by atoms with E-state index in [4.69, 9.17) is 4.74 Å². The molecule has 1 aliphatic heterocycles. The van der Waals surface area contributed by atoms with Crippen LogP contribution in [0.15, 0.2) is 48.8 Å². The van der Waals surface area contributed by atoms with Gasteiger partial charge in [-0.2, -0.15) is 0 Å². The second-order valence-electron chi connectivity index (χ2n) is 7.91. The Labute approximate surface area is 167 Å². The van der Waals surface area contributed by atoms with Gasteiger partial charge in [0.2, 0.25) is 5.91 Å². The van der Waals surface area contributed by atoms with Crippen molar-refractivity contribution < 1.29 is 9.53 Å². The third kappa shape index (κ3) is 4.90. The van der Waals surface area contributed by atoms with E-state index >= 15 is 0 Å². The van der Waals surface area contributed by atoms with Crippen molar-refractivity contribution in [3.63, 3.8) is 0 Å². The minimum atomic E-state index is 0.354. The summed E-state index contributed by atoms with van der Waals surface area (Å²) in [5.41, 5.74) is 1.16. The van der Waals surface area contributed by atoms with Gasteiger partial charge in [0.25, 0.3) is 0 Å². The molecule has 1 saturated heterocycles. The van der Waals surface area contributed by atoms with E-state index in [9.17, 15) is 4.79 Å². The Kier molecular flexibility index (Phi) is 6.22. The van der Waals surface area contributed by atoms with Gasteiger partial charge < -0.3 is 9.64 Å². The van der Waals surface area contributed by atoms with Crippen LogP contribution in [0.1, 0.15) is 37.7 Å². The van der Waals surface area contributed by atoms with Crippen LogP contribution in [0.5, 0.6) is 11.5 Å². The molecule has 1 amide bonds. The molecule has 4 rings (SSSR count). The van der Waals surface area contributed by atoms with Crippen LogP contribution in [0.2, 0.25) is 0 Å². The van der Waals surface area contributed by atoms with E-state index in [0.717, 1.165) is 56.2 Å². The topological polar surface area (TPSA) is 45.7 Å². The minimum Gasteiger partial charge on any atom is -0.455 e. The van der Waals surface area contributed by atoms with E-state index in [2.05, 4.69) is 20.9 Å². The summed E-state index contributed by atoms with van der Waals surface area (Å²) in [6, 6.07) is 12.0. The molecule has 0 radical (unpaired) electrons. The van der Waals surface area contributed by atoms with Crippen LogP contribution in [-0.4, -0.2) is 46.9 Å². The molecule has 0 N–H and O–H groups in total. The molecule has 28 heavy (non-hydrogen) atoms. The maximum atomic E-state index is 12.6. The summed E-state index contributed by atoms with van der Waals surface area (Å²) >= 11 is 0. The van der Waals surface area contributed by atoms with E-state index in [1.54, 1.807) is 12.4 Å². The van der Waals surface area contributed by atoms with Crippen molar-refractivity contribution in [2.45, 2.75) is 38.6 Å². The van der Waals surface area contributed by atoms with Crippen LogP contribution < -0.4 is 4.74 Å². The lowest BCUT2D eigenvalue weighted by Crippen LogP contribution is -2.48. The number of nitrogens with zero attached hydrogens (tertiary/aromatic N) is 3. The minimum absolute atomic E-state index is 0.354. The van der Waals surface area contributed by atoms with Crippen molar-refractivity contribution in [2.24, 2.45) is 5.92 Å². The average Bonchev–Trinajstić information content (AvgIpc) is 3.24. The van der Waals surface area contributed by atoms with Crippen LogP contribution in [-0.2, 0) is 11.3 Å². The molecule has 0 bridgehead atoms. The maximum Gasteiger partial charge on any atom is 0.222 e. The summed E-state index contributed by atoms with van der Waals surface area (Å²) in [6.07, 6.45) is 9.29. The van der Waals surface area contributed by atoms with Gasteiger partial charge in [-0.05, 0) is 37.0 Å². The molecule has 2 aliphatic rings. The van der Waals surface area contributed by atoms with Gasteiger partial charge in [0, 0.05) is 50.9 Å². The SMILES string of the molecule is O=C(CC1CCCC1)N1CCN(Cc2ccccc2Oc2cccnc2)CC1. The van der Waals surface area contributed by atoms with Crippen LogP contribution in [0.3, 0.4) is 0 Å². The Balaban J connectivity index is 1.30. The van der Waals surface area contributed by atoms with Crippen LogP contribution in [0.25, 0.3) is 0 Å². The monoisotopic (exact) mass is 379 g/mol. The highest BCUT2D eigenvalue weighted by molar-refractivity contribution is 5.76. The third-order valence-corrected chi connectivity index (χ3v) is 5.89. The Morgan fingerprint density at radius 2 is 1.82 bits per heavy atom. The van der Waals surface area contributed by atoms with Crippen LogP contribution in [0, 0.1) is 5.92 Å². The number of benzene rings is 1. The molecule has 0 atom stereocenters. The largest absolute Gasteiger partial charge is 0.455 e. The van der Waals surface area contributed by atoms with Gasteiger partial charge >= 0.3 is 0 Å². The van der Waals surface area contributed by atoms with Gasteiger partial charge in [-0.3, -0.25) is 14.7 Å². The number of aromatic nitrogens is 1. The van der Waals surface area contributed by atoms with E-state index in [1.165, 1.54) is 25.7 Å². The van der Waals surface area contributed by atoms with E-state index < -0.39 is 0 Å². The number of carbonyl (C=O) groups is 1. The predicted molar refractivity (Wildman–Crippen MR) is 109 cm³/mol. The zero-order valence-electron chi connectivity index (χ0n) is 16.4. The number of hydrogen-bond donors (Lipinski definition) is 0. The van der Waals surface area contributed by atoms with Crippen molar-refractivity contribution in [2.75, 3.05) is 26.2 Å². The fourth-order valence-electron chi connectivity index (χ4n) is 4.26. The Bertz CT molecular complexity index is 766. The van der Waals surface area contributed by atoms with Crippen LogP contribution in [0.4, 0.5) is 0 Å². The molecule has 1 aromatic carbocycles. The molecule has 2 aromatic rings. The molecule has 2 fully saturated rings. The summed E-state index contributed by atoms with van der Waals surface area (Å²) in [7, 11) is 0. The van der Waals surface area contributed by atoms with Gasteiger partial charge in [-0.25, -0.2) is 0 Å². The average molecular weight is 380 g/mol. The van der Waals surface area contributed by atoms with Gasteiger partial charge in [0.15, 0.2) is 0 Å². The highest BCUT2D eigenvalue weighted by atomic mass is 16.5. The second-order valence-corrected chi connectivity index (χ2v) is 7.91. The smallest absolute Gasteiger partial charge is 0.222 e. The molecule has 1 aromatic heterocycles. The zero-order valence-corrected chi connectivity index (χ0v) is 16.4. The molecular formula is C23H29N3O2. The van der Waals surface area contributed by atoms with Crippen molar-refractivity contribution >= 4 is 5.91 Å². The van der Waals surface area contributed by atoms with Gasteiger partial charge in [-0.1, -0.05) is 31.0 Å². The second kappa shape index (κ2) is 9.20. The zero-order chi connectivity index (χ0) is 19.2. The van der Waals surface area contributed by atoms with Gasteiger partial charge in [-0.15, -0.1) is 0 Å². The fourth-order valence-corrected chi connectivity index (χ4v) is 4.26. The third-order valence-electron chi connectivity index (χ3n) is 5.89. The first-order valence-electron chi connectivity index (χ1n) is 10.4. The highest BCUT2D eigenvalue weighted by Gasteiger charge is 2.25. The number of pyridine rings is 1. The van der Waals surface area contributed by atoms with E-state index in [1.807, 2.05) is 30.3 Å². The van der Waals surface area contributed by atoms with Crippen molar-refractivity contribution in [3.05, 3.63) is 54.4 Å². The normalized spacial score (nSPS) is 18.4. The van der Waals surface area contributed by atoms with Gasteiger partial charge in [0.05, 0.1) is 6.20 Å². The number of para-hydroxylation sites is 1. The van der Waals surface area contributed by atoms with Crippen molar-refractivity contribution in [1.82, 2.24) is 14.8 Å². The first kappa shape index (κ1) is 18.9. The lowest BCUT2D eigenvalue weighted by atomic mass is 10.0. The number of piperazine rings is 1. The summed E-state index contributed by atoms with van der Waals surface area (Å²) in [6.45, 7) is 4.32.